The van der Waals surface area contributed by atoms with Gasteiger partial charge in [-0.3, -0.25) is 4.79 Å². The molecule has 2 saturated heterocycles. The lowest BCUT2D eigenvalue weighted by atomic mass is 10.0. The van der Waals surface area contributed by atoms with Crippen LogP contribution in [0.2, 0.25) is 5.02 Å². The lowest BCUT2D eigenvalue weighted by Gasteiger charge is -2.36. The van der Waals surface area contributed by atoms with Crippen LogP contribution in [0, 0.1) is 11.6 Å². The maximum absolute atomic E-state index is 16.2. The largest absolute Gasteiger partial charge is 0.507 e. The zero-order chi connectivity index (χ0) is 29.5. The summed E-state index contributed by atoms with van der Waals surface area (Å²) >= 11 is 6.50. The van der Waals surface area contributed by atoms with Crippen LogP contribution in [0.5, 0.6) is 5.75 Å². The summed E-state index contributed by atoms with van der Waals surface area (Å²) in [6.07, 6.45) is 0.914. The Balaban J connectivity index is 1.57. The maximum atomic E-state index is 16.2. The number of piperazine rings is 1. The number of phenols is 1. The fourth-order valence-corrected chi connectivity index (χ4v) is 6.47. The molecule has 5 rings (SSSR count). The maximum Gasteiger partial charge on any atom is 0.235 e. The van der Waals surface area contributed by atoms with E-state index in [2.05, 4.69) is 16.9 Å². The number of piperidine rings is 1. The van der Waals surface area contributed by atoms with E-state index >= 15 is 4.39 Å². The van der Waals surface area contributed by atoms with Crippen LogP contribution in [0.4, 0.5) is 20.5 Å². The second-order valence-electron chi connectivity index (χ2n) is 9.97. The molecule has 3 aromatic rings. The molecule has 2 aliphatic heterocycles. The summed E-state index contributed by atoms with van der Waals surface area (Å²) in [5.41, 5.74) is -0.827. The van der Waals surface area contributed by atoms with Gasteiger partial charge in [-0.2, -0.15) is 9.29 Å². The first-order valence-electron chi connectivity index (χ1n) is 13.1. The average molecular weight is 607 g/mol. The molecule has 1 aromatic heterocycles. The summed E-state index contributed by atoms with van der Waals surface area (Å²) in [6.45, 7) is 7.14. The van der Waals surface area contributed by atoms with Gasteiger partial charge in [-0.1, -0.05) is 24.2 Å². The summed E-state index contributed by atoms with van der Waals surface area (Å²) in [4.78, 5) is 24.6. The highest BCUT2D eigenvalue weighted by atomic mass is 35.5. The second-order valence-corrected chi connectivity index (χ2v) is 12.3. The molecule has 218 valence electrons. The second kappa shape index (κ2) is 11.4. The number of nitrogens with zero attached hydrogens (tertiary/aromatic N) is 5. The van der Waals surface area contributed by atoms with E-state index in [1.165, 1.54) is 29.4 Å². The van der Waals surface area contributed by atoms with Crippen LogP contribution in [0.1, 0.15) is 19.8 Å². The lowest BCUT2D eigenvalue weighted by molar-refractivity contribution is -0.129. The van der Waals surface area contributed by atoms with Gasteiger partial charge in [0.05, 0.1) is 10.6 Å². The summed E-state index contributed by atoms with van der Waals surface area (Å²) in [7, 11) is -3.54. The minimum absolute atomic E-state index is 0.0483. The van der Waals surface area contributed by atoms with Crippen molar-refractivity contribution >= 4 is 50.2 Å². The van der Waals surface area contributed by atoms with Gasteiger partial charge in [-0.25, -0.2) is 22.2 Å². The van der Waals surface area contributed by atoms with Crippen LogP contribution in [0.25, 0.3) is 22.0 Å². The number of hydrogen-bond donors (Lipinski definition) is 2. The van der Waals surface area contributed by atoms with Crippen LogP contribution in [-0.4, -0.2) is 83.9 Å². The third-order valence-electron chi connectivity index (χ3n) is 7.49. The van der Waals surface area contributed by atoms with Crippen molar-refractivity contribution in [3.63, 3.8) is 0 Å². The Morgan fingerprint density at radius 3 is 2.41 bits per heavy atom. The van der Waals surface area contributed by atoms with Crippen molar-refractivity contribution in [2.75, 3.05) is 49.5 Å². The predicted molar refractivity (Wildman–Crippen MR) is 153 cm³/mol. The molecule has 0 unspecified atom stereocenters. The van der Waals surface area contributed by atoms with E-state index in [1.54, 1.807) is 4.90 Å². The quantitative estimate of drug-likeness (QED) is 0.433. The van der Waals surface area contributed by atoms with Crippen LogP contribution >= 0.6 is 11.6 Å². The number of nitrogens with one attached hydrogen (secondary N) is 1. The average Bonchev–Trinajstić information content (AvgIpc) is 2.95. The van der Waals surface area contributed by atoms with Crippen molar-refractivity contribution in [3.05, 3.63) is 52.9 Å². The number of amides is 1. The molecule has 0 bridgehead atoms. The molecule has 0 atom stereocenters. The molecule has 14 heteroatoms. The summed E-state index contributed by atoms with van der Waals surface area (Å²) < 4.78 is 56.6. The first-order chi connectivity index (χ1) is 19.5. The molecule has 2 aromatic carbocycles. The Morgan fingerprint density at radius 1 is 1.12 bits per heavy atom. The zero-order valence-electron chi connectivity index (χ0n) is 22.3. The number of carbonyl (C=O) groups is 1. The van der Waals surface area contributed by atoms with Crippen molar-refractivity contribution in [1.82, 2.24) is 19.2 Å². The normalized spacial score (nSPS) is 17.2. The Bertz CT molecular complexity index is 1600. The molecule has 41 heavy (non-hydrogen) atoms. The van der Waals surface area contributed by atoms with Gasteiger partial charge >= 0.3 is 0 Å². The van der Waals surface area contributed by atoms with E-state index in [9.17, 15) is 22.7 Å². The smallest absolute Gasteiger partial charge is 0.235 e. The van der Waals surface area contributed by atoms with Gasteiger partial charge in [0.1, 0.15) is 22.9 Å². The molecule has 2 aliphatic rings. The highest BCUT2D eigenvalue weighted by molar-refractivity contribution is 7.92. The van der Waals surface area contributed by atoms with Crippen molar-refractivity contribution in [3.8, 4) is 16.9 Å². The molecular formula is C27H29ClF2N6O4S. The van der Waals surface area contributed by atoms with Crippen LogP contribution < -0.4 is 10.2 Å². The minimum Gasteiger partial charge on any atom is -0.507 e. The predicted octanol–water partition coefficient (Wildman–Crippen LogP) is 3.95. The van der Waals surface area contributed by atoms with E-state index in [-0.39, 0.29) is 52.7 Å². The molecule has 2 N–H and O–H groups in total. The fourth-order valence-electron chi connectivity index (χ4n) is 5.25. The van der Waals surface area contributed by atoms with Gasteiger partial charge in [-0.05, 0) is 31.0 Å². The Morgan fingerprint density at radius 2 is 1.80 bits per heavy atom. The lowest BCUT2D eigenvalue weighted by Crippen LogP contribution is -2.48. The van der Waals surface area contributed by atoms with E-state index in [1.807, 2.05) is 4.90 Å². The Hall–Kier alpha value is -3.55. The summed E-state index contributed by atoms with van der Waals surface area (Å²) in [5.74, 6) is -1.80. The van der Waals surface area contributed by atoms with E-state index in [4.69, 9.17) is 16.6 Å². The Kier molecular flexibility index (Phi) is 8.04. The number of aromatic hydroxyl groups is 1. The molecule has 0 saturated carbocycles. The van der Waals surface area contributed by atoms with Crippen LogP contribution in [0.3, 0.4) is 0 Å². The zero-order valence-corrected chi connectivity index (χ0v) is 23.9. The standard InChI is InChI=1S/C27H29ClF2N6O4S/c1-3-41(39,40)36-9-7-17(8-10-36)31-27-32-25-18(26(33-27)35-13-11-34(12-14-35)16(2)37)15-19(28)22(24(25)30)23-20(29)5-4-6-21(23)38/h3-6,15,17,38H,1,7-14H2,2H3,(H,31,32,33). The van der Waals surface area contributed by atoms with Gasteiger partial charge < -0.3 is 20.2 Å². The van der Waals surface area contributed by atoms with Crippen molar-refractivity contribution in [2.24, 2.45) is 0 Å². The van der Waals surface area contributed by atoms with E-state index in [0.717, 1.165) is 11.5 Å². The monoisotopic (exact) mass is 606 g/mol. The number of aromatic nitrogens is 2. The van der Waals surface area contributed by atoms with E-state index in [0.29, 0.717) is 50.2 Å². The minimum atomic E-state index is -3.54. The molecule has 0 radical (unpaired) electrons. The number of rotatable bonds is 6. The highest BCUT2D eigenvalue weighted by Gasteiger charge is 2.29. The number of halogens is 3. The van der Waals surface area contributed by atoms with Gasteiger partial charge in [0.15, 0.2) is 5.82 Å². The number of carbonyl (C=O) groups excluding carboxylic acids is 1. The molecule has 1 amide bonds. The van der Waals surface area contributed by atoms with E-state index < -0.39 is 27.4 Å². The SMILES string of the molecule is C=CS(=O)(=O)N1CCC(Nc2nc(N3CCN(C(C)=O)CC3)c3cc(Cl)c(-c4c(O)cccc4F)c(F)c3n2)CC1. The number of sulfonamides is 1. The molecule has 0 spiro atoms. The first-order valence-corrected chi connectivity index (χ1v) is 15.0. The number of phenolic OH excluding ortho intramolecular Hbond substituents is 1. The summed E-state index contributed by atoms with van der Waals surface area (Å²) in [5, 5.41) is 14.7. The van der Waals surface area contributed by atoms with Gasteiger partial charge in [0.25, 0.3) is 0 Å². The topological polar surface area (TPSA) is 119 Å². The van der Waals surface area contributed by atoms with Gasteiger partial charge in [0.2, 0.25) is 21.9 Å². The fraction of sp³-hybridized carbons (Fsp3) is 0.370. The van der Waals surface area contributed by atoms with Crippen LogP contribution in [-0.2, 0) is 14.8 Å². The number of anilines is 2. The molecule has 3 heterocycles. The highest BCUT2D eigenvalue weighted by Crippen LogP contribution is 2.42. The van der Waals surface area contributed by atoms with Gasteiger partial charge in [0, 0.05) is 68.6 Å². The Labute approximate surface area is 241 Å². The summed E-state index contributed by atoms with van der Waals surface area (Å²) in [6, 6.07) is 4.90. The number of hydrogen-bond acceptors (Lipinski definition) is 8. The third-order valence-corrected chi connectivity index (χ3v) is 9.29. The molecule has 2 fully saturated rings. The number of benzene rings is 2. The number of fused-ring (bicyclic) bond motifs is 1. The first kappa shape index (κ1) is 29.0. The third kappa shape index (κ3) is 5.66. The van der Waals surface area contributed by atoms with Gasteiger partial charge in [-0.15, -0.1) is 0 Å². The molecule has 10 nitrogen and oxygen atoms in total. The van der Waals surface area contributed by atoms with Crippen molar-refractivity contribution in [2.45, 2.75) is 25.8 Å². The van der Waals surface area contributed by atoms with Crippen molar-refractivity contribution < 1.29 is 27.1 Å². The van der Waals surface area contributed by atoms with Crippen molar-refractivity contribution in [1.29, 1.82) is 0 Å². The molecule has 0 aliphatic carbocycles. The molecular weight excluding hydrogens is 578 g/mol. The van der Waals surface area contributed by atoms with Crippen LogP contribution in [0.15, 0.2) is 36.3 Å².